The first-order chi connectivity index (χ1) is 10.3. The molecular formula is C16H22ClF3N2. The van der Waals surface area contributed by atoms with Crippen molar-refractivity contribution in [2.45, 2.75) is 32.5 Å². The molecule has 6 heteroatoms. The van der Waals surface area contributed by atoms with E-state index in [9.17, 15) is 13.2 Å². The SMILES string of the molecule is CCC(C)[C@H](c1cc(C(F)(F)F)ccc1Cl)N1CCNCC1. The Morgan fingerprint density at radius 1 is 1.27 bits per heavy atom. The molecule has 1 saturated heterocycles. The lowest BCUT2D eigenvalue weighted by molar-refractivity contribution is -0.137. The molecule has 1 aliphatic rings. The number of nitrogens with one attached hydrogen (secondary N) is 1. The highest BCUT2D eigenvalue weighted by molar-refractivity contribution is 6.31. The molecule has 0 saturated carbocycles. The predicted molar refractivity (Wildman–Crippen MR) is 83.1 cm³/mol. The van der Waals surface area contributed by atoms with Gasteiger partial charge in [0.1, 0.15) is 0 Å². The molecule has 1 heterocycles. The topological polar surface area (TPSA) is 15.3 Å². The van der Waals surface area contributed by atoms with E-state index in [1.54, 1.807) is 0 Å². The summed E-state index contributed by atoms with van der Waals surface area (Å²) in [5.74, 6) is 0.235. The van der Waals surface area contributed by atoms with Crippen molar-refractivity contribution in [2.75, 3.05) is 26.2 Å². The molecule has 1 N–H and O–H groups in total. The molecule has 0 radical (unpaired) electrons. The fourth-order valence-electron chi connectivity index (χ4n) is 2.99. The zero-order valence-corrected chi connectivity index (χ0v) is 13.6. The molecule has 2 rings (SSSR count). The monoisotopic (exact) mass is 334 g/mol. The fraction of sp³-hybridized carbons (Fsp3) is 0.625. The van der Waals surface area contributed by atoms with Gasteiger partial charge in [0.2, 0.25) is 0 Å². The van der Waals surface area contributed by atoms with Gasteiger partial charge in [-0.15, -0.1) is 0 Å². The summed E-state index contributed by atoms with van der Waals surface area (Å²) >= 11 is 6.25. The number of halogens is 4. The zero-order valence-electron chi connectivity index (χ0n) is 12.9. The first kappa shape index (κ1) is 17.6. The minimum atomic E-state index is -4.34. The summed E-state index contributed by atoms with van der Waals surface area (Å²) in [7, 11) is 0. The van der Waals surface area contributed by atoms with Gasteiger partial charge in [0.15, 0.2) is 0 Å². The molecule has 22 heavy (non-hydrogen) atoms. The quantitative estimate of drug-likeness (QED) is 0.880. The number of benzene rings is 1. The highest BCUT2D eigenvalue weighted by Gasteiger charge is 2.34. The van der Waals surface area contributed by atoms with E-state index in [1.165, 1.54) is 12.1 Å². The van der Waals surface area contributed by atoms with E-state index < -0.39 is 11.7 Å². The van der Waals surface area contributed by atoms with E-state index in [0.717, 1.165) is 38.7 Å². The summed E-state index contributed by atoms with van der Waals surface area (Å²) < 4.78 is 39.1. The Kier molecular flexibility index (Phi) is 5.75. The Balaban J connectivity index is 2.41. The van der Waals surface area contributed by atoms with Crippen LogP contribution in [0.3, 0.4) is 0 Å². The predicted octanol–water partition coefficient (Wildman–Crippen LogP) is 4.35. The number of rotatable bonds is 4. The van der Waals surface area contributed by atoms with Gasteiger partial charge in [0, 0.05) is 37.2 Å². The minimum Gasteiger partial charge on any atom is -0.314 e. The second-order valence-corrected chi connectivity index (χ2v) is 6.26. The maximum atomic E-state index is 13.0. The van der Waals surface area contributed by atoms with Crippen LogP contribution < -0.4 is 5.32 Å². The van der Waals surface area contributed by atoms with Crippen molar-refractivity contribution in [1.82, 2.24) is 10.2 Å². The van der Waals surface area contributed by atoms with Gasteiger partial charge in [0.05, 0.1) is 5.56 Å². The van der Waals surface area contributed by atoms with Crippen LogP contribution in [0.4, 0.5) is 13.2 Å². The lowest BCUT2D eigenvalue weighted by Gasteiger charge is -2.39. The van der Waals surface area contributed by atoms with Crippen molar-refractivity contribution in [3.8, 4) is 0 Å². The first-order valence-electron chi connectivity index (χ1n) is 7.66. The third-order valence-electron chi connectivity index (χ3n) is 4.37. The van der Waals surface area contributed by atoms with Gasteiger partial charge in [0.25, 0.3) is 0 Å². The van der Waals surface area contributed by atoms with Gasteiger partial charge >= 0.3 is 6.18 Å². The lowest BCUT2D eigenvalue weighted by atomic mass is 9.89. The summed E-state index contributed by atoms with van der Waals surface area (Å²) in [6.45, 7) is 7.47. The second-order valence-electron chi connectivity index (χ2n) is 5.85. The first-order valence-corrected chi connectivity index (χ1v) is 8.03. The molecule has 1 fully saturated rings. The van der Waals surface area contributed by atoms with E-state index in [0.29, 0.717) is 10.6 Å². The Morgan fingerprint density at radius 3 is 2.45 bits per heavy atom. The third-order valence-corrected chi connectivity index (χ3v) is 4.71. The standard InChI is InChI=1S/C16H22ClF3N2/c1-3-11(2)15(22-8-6-21-7-9-22)13-10-12(16(18,19)20)4-5-14(13)17/h4-5,10-11,15,21H,3,6-9H2,1-2H3/t11?,15-/m1/s1. The molecular weight excluding hydrogens is 313 g/mol. The van der Waals surface area contributed by atoms with Gasteiger partial charge in [-0.1, -0.05) is 31.9 Å². The molecule has 2 nitrogen and oxygen atoms in total. The van der Waals surface area contributed by atoms with E-state index in [4.69, 9.17) is 11.6 Å². The van der Waals surface area contributed by atoms with Gasteiger partial charge in [-0.2, -0.15) is 13.2 Å². The average Bonchev–Trinajstić information content (AvgIpc) is 2.49. The zero-order chi connectivity index (χ0) is 16.3. The van der Waals surface area contributed by atoms with Crippen LogP contribution in [-0.4, -0.2) is 31.1 Å². The summed E-state index contributed by atoms with van der Waals surface area (Å²) in [4.78, 5) is 2.24. The summed E-state index contributed by atoms with van der Waals surface area (Å²) in [6, 6.07) is 3.57. The van der Waals surface area contributed by atoms with E-state index in [2.05, 4.69) is 24.1 Å². The summed E-state index contributed by atoms with van der Waals surface area (Å²) in [5, 5.41) is 3.69. The largest absolute Gasteiger partial charge is 0.416 e. The Hall–Kier alpha value is -0.780. The molecule has 0 bridgehead atoms. The average molecular weight is 335 g/mol. The van der Waals surface area contributed by atoms with Gasteiger partial charge in [-0.25, -0.2) is 0 Å². The van der Waals surface area contributed by atoms with Crippen LogP contribution in [-0.2, 0) is 6.18 Å². The Bertz CT molecular complexity index is 499. The van der Waals surface area contributed by atoms with Crippen LogP contribution in [0.25, 0.3) is 0 Å². The summed E-state index contributed by atoms with van der Waals surface area (Å²) in [6.07, 6.45) is -3.45. The lowest BCUT2D eigenvalue weighted by Crippen LogP contribution is -2.46. The van der Waals surface area contributed by atoms with Gasteiger partial charge in [-0.3, -0.25) is 4.90 Å². The minimum absolute atomic E-state index is 0.0816. The van der Waals surface area contributed by atoms with Crippen molar-refractivity contribution in [3.05, 3.63) is 34.3 Å². The highest BCUT2D eigenvalue weighted by Crippen LogP contribution is 2.39. The van der Waals surface area contributed by atoms with Gasteiger partial charge < -0.3 is 5.32 Å². The molecule has 1 aliphatic heterocycles. The Labute approximate surface area is 134 Å². The molecule has 1 aromatic carbocycles. The molecule has 0 aromatic heterocycles. The van der Waals surface area contributed by atoms with Crippen LogP contribution in [0.1, 0.15) is 37.4 Å². The fourth-order valence-corrected chi connectivity index (χ4v) is 3.22. The summed E-state index contributed by atoms with van der Waals surface area (Å²) in [5.41, 5.74) is -0.0388. The Morgan fingerprint density at radius 2 is 1.91 bits per heavy atom. The molecule has 1 unspecified atom stereocenters. The maximum Gasteiger partial charge on any atom is 0.416 e. The van der Waals surface area contributed by atoms with Crippen LogP contribution >= 0.6 is 11.6 Å². The molecule has 0 aliphatic carbocycles. The normalized spacial score (nSPS) is 19.9. The third kappa shape index (κ3) is 3.94. The molecule has 0 spiro atoms. The maximum absolute atomic E-state index is 13.0. The van der Waals surface area contributed by atoms with Crippen LogP contribution in [0.15, 0.2) is 18.2 Å². The van der Waals surface area contributed by atoms with Gasteiger partial charge in [-0.05, 0) is 29.7 Å². The van der Waals surface area contributed by atoms with Crippen molar-refractivity contribution in [3.63, 3.8) is 0 Å². The van der Waals surface area contributed by atoms with E-state index in [1.807, 2.05) is 0 Å². The van der Waals surface area contributed by atoms with E-state index in [-0.39, 0.29) is 12.0 Å². The molecule has 1 aromatic rings. The van der Waals surface area contributed by atoms with Crippen LogP contribution in [0.2, 0.25) is 5.02 Å². The van der Waals surface area contributed by atoms with E-state index >= 15 is 0 Å². The molecule has 0 amide bonds. The highest BCUT2D eigenvalue weighted by atomic mass is 35.5. The van der Waals surface area contributed by atoms with Crippen molar-refractivity contribution >= 4 is 11.6 Å². The smallest absolute Gasteiger partial charge is 0.314 e. The van der Waals surface area contributed by atoms with Crippen molar-refractivity contribution in [2.24, 2.45) is 5.92 Å². The molecule has 2 atom stereocenters. The molecule has 124 valence electrons. The second kappa shape index (κ2) is 7.20. The van der Waals surface area contributed by atoms with Crippen LogP contribution in [0, 0.1) is 5.92 Å². The number of piperazine rings is 1. The van der Waals surface area contributed by atoms with Crippen molar-refractivity contribution < 1.29 is 13.2 Å². The number of hydrogen-bond acceptors (Lipinski definition) is 2. The number of alkyl halides is 3. The van der Waals surface area contributed by atoms with Crippen LogP contribution in [0.5, 0.6) is 0 Å². The number of hydrogen-bond donors (Lipinski definition) is 1. The van der Waals surface area contributed by atoms with Crippen molar-refractivity contribution in [1.29, 1.82) is 0 Å². The number of nitrogens with zero attached hydrogens (tertiary/aromatic N) is 1.